The minimum Gasteiger partial charge on any atom is -0.352 e. The zero-order valence-electron chi connectivity index (χ0n) is 13.2. The fourth-order valence-electron chi connectivity index (χ4n) is 1.66. The van der Waals surface area contributed by atoms with Crippen molar-refractivity contribution in [3.05, 3.63) is 29.8 Å². The van der Waals surface area contributed by atoms with Gasteiger partial charge in [0.05, 0.1) is 4.90 Å². The predicted octanol–water partition coefficient (Wildman–Crippen LogP) is 1.06. The molecule has 0 saturated carbocycles. The molecular formula is C14H24N4O2S. The molecule has 7 heteroatoms. The molecule has 0 heterocycles. The summed E-state index contributed by atoms with van der Waals surface area (Å²) >= 11 is 0. The van der Waals surface area contributed by atoms with E-state index < -0.39 is 10.0 Å². The monoisotopic (exact) mass is 312 g/mol. The average Bonchev–Trinajstić information content (AvgIpc) is 2.42. The summed E-state index contributed by atoms with van der Waals surface area (Å²) in [6.07, 6.45) is 0. The molecular weight excluding hydrogens is 288 g/mol. The predicted molar refractivity (Wildman–Crippen MR) is 85.8 cm³/mol. The van der Waals surface area contributed by atoms with Gasteiger partial charge in [-0.25, -0.2) is 13.1 Å². The van der Waals surface area contributed by atoms with Gasteiger partial charge < -0.3 is 10.6 Å². The highest BCUT2D eigenvalue weighted by Gasteiger charge is 2.13. The highest BCUT2D eigenvalue weighted by Crippen LogP contribution is 2.11. The Labute approximate surface area is 127 Å². The number of nitrogens with one attached hydrogen (secondary N) is 3. The minimum absolute atomic E-state index is 0.0981. The number of rotatable bonds is 4. The first-order valence-corrected chi connectivity index (χ1v) is 8.17. The van der Waals surface area contributed by atoms with Crippen LogP contribution in [0.3, 0.4) is 0 Å². The van der Waals surface area contributed by atoms with Gasteiger partial charge in [0, 0.05) is 19.1 Å². The molecule has 1 aromatic carbocycles. The number of hydrogen-bond donors (Lipinski definition) is 3. The normalized spacial score (nSPS) is 13.1. The molecule has 0 spiro atoms. The second-order valence-electron chi connectivity index (χ2n) is 5.66. The lowest BCUT2D eigenvalue weighted by molar-refractivity contribution is 0.501. The molecule has 0 unspecified atom stereocenters. The standard InChI is InChI=1S/C14H24N4O2S/c1-14(2,3)18-13(15-4)17-10-11-7-6-8-12(9-11)21(19,20)16-5/h6-9,16H,10H2,1-5H3,(H2,15,17,18). The third kappa shape index (κ3) is 5.73. The molecule has 0 aromatic heterocycles. The van der Waals surface area contributed by atoms with Crippen molar-refractivity contribution in [1.29, 1.82) is 0 Å². The summed E-state index contributed by atoms with van der Waals surface area (Å²) in [5.74, 6) is 0.671. The summed E-state index contributed by atoms with van der Waals surface area (Å²) in [6, 6.07) is 6.80. The maximum atomic E-state index is 11.8. The molecule has 118 valence electrons. The van der Waals surface area contributed by atoms with Crippen LogP contribution in [0.4, 0.5) is 0 Å². The highest BCUT2D eigenvalue weighted by molar-refractivity contribution is 7.89. The van der Waals surface area contributed by atoms with E-state index in [1.807, 2.05) is 26.8 Å². The van der Waals surface area contributed by atoms with Crippen molar-refractivity contribution in [2.24, 2.45) is 4.99 Å². The summed E-state index contributed by atoms with van der Waals surface area (Å²) in [7, 11) is -0.322. The van der Waals surface area contributed by atoms with Gasteiger partial charge in [-0.3, -0.25) is 4.99 Å². The number of hydrogen-bond acceptors (Lipinski definition) is 3. The van der Waals surface area contributed by atoms with Crippen LogP contribution in [-0.2, 0) is 16.6 Å². The fourth-order valence-corrected chi connectivity index (χ4v) is 2.46. The van der Waals surface area contributed by atoms with Crippen molar-refractivity contribution in [2.75, 3.05) is 14.1 Å². The Balaban J connectivity index is 2.79. The smallest absolute Gasteiger partial charge is 0.240 e. The molecule has 0 fully saturated rings. The molecule has 0 atom stereocenters. The van der Waals surface area contributed by atoms with E-state index in [9.17, 15) is 8.42 Å². The van der Waals surface area contributed by atoms with Crippen LogP contribution in [0.15, 0.2) is 34.2 Å². The third-order valence-corrected chi connectivity index (χ3v) is 4.07. The molecule has 0 bridgehead atoms. The van der Waals surface area contributed by atoms with Crippen LogP contribution in [0.2, 0.25) is 0 Å². The summed E-state index contributed by atoms with van der Waals surface area (Å²) in [5.41, 5.74) is 0.766. The first kappa shape index (κ1) is 17.5. The van der Waals surface area contributed by atoms with Gasteiger partial charge in [0.1, 0.15) is 0 Å². The lowest BCUT2D eigenvalue weighted by Gasteiger charge is -2.23. The van der Waals surface area contributed by atoms with Gasteiger partial charge in [0.15, 0.2) is 5.96 Å². The maximum Gasteiger partial charge on any atom is 0.240 e. The molecule has 0 saturated heterocycles. The zero-order chi connectivity index (χ0) is 16.1. The quantitative estimate of drug-likeness (QED) is 0.573. The summed E-state index contributed by atoms with van der Waals surface area (Å²) in [6.45, 7) is 6.61. The van der Waals surface area contributed by atoms with Crippen LogP contribution in [-0.4, -0.2) is 34.0 Å². The van der Waals surface area contributed by atoms with E-state index in [0.717, 1.165) is 5.56 Å². The van der Waals surface area contributed by atoms with Gasteiger partial charge >= 0.3 is 0 Å². The Hall–Kier alpha value is -1.60. The van der Waals surface area contributed by atoms with Gasteiger partial charge in [-0.1, -0.05) is 12.1 Å². The molecule has 0 amide bonds. The van der Waals surface area contributed by atoms with Crippen LogP contribution in [0, 0.1) is 0 Å². The number of sulfonamides is 1. The van der Waals surface area contributed by atoms with E-state index in [-0.39, 0.29) is 10.4 Å². The topological polar surface area (TPSA) is 82.6 Å². The summed E-state index contributed by atoms with van der Waals surface area (Å²) in [4.78, 5) is 4.39. The van der Waals surface area contributed by atoms with Gasteiger partial charge in [-0.05, 0) is 45.5 Å². The number of nitrogens with zero attached hydrogens (tertiary/aromatic N) is 1. The number of guanidine groups is 1. The fraction of sp³-hybridized carbons (Fsp3) is 0.500. The Kier molecular flexibility index (Phi) is 5.74. The van der Waals surface area contributed by atoms with E-state index in [2.05, 4.69) is 20.3 Å². The van der Waals surface area contributed by atoms with Crippen LogP contribution in [0.25, 0.3) is 0 Å². The first-order chi connectivity index (χ1) is 9.68. The van der Waals surface area contributed by atoms with Crippen LogP contribution in [0.1, 0.15) is 26.3 Å². The molecule has 0 aliphatic carbocycles. The Morgan fingerprint density at radius 1 is 1.29 bits per heavy atom. The second-order valence-corrected chi connectivity index (χ2v) is 7.54. The molecule has 21 heavy (non-hydrogen) atoms. The average molecular weight is 312 g/mol. The van der Waals surface area contributed by atoms with Gasteiger partial charge in [-0.2, -0.15) is 0 Å². The first-order valence-electron chi connectivity index (χ1n) is 6.69. The molecule has 1 rings (SSSR count). The lowest BCUT2D eigenvalue weighted by atomic mass is 10.1. The summed E-state index contributed by atoms with van der Waals surface area (Å²) in [5, 5.41) is 6.40. The minimum atomic E-state index is -3.42. The zero-order valence-corrected chi connectivity index (χ0v) is 14.0. The molecule has 6 nitrogen and oxygen atoms in total. The maximum absolute atomic E-state index is 11.8. The molecule has 0 aliphatic rings. The lowest BCUT2D eigenvalue weighted by Crippen LogP contribution is -2.47. The third-order valence-electron chi connectivity index (χ3n) is 2.65. The molecule has 1 aromatic rings. The van der Waals surface area contributed by atoms with Crippen molar-refractivity contribution in [1.82, 2.24) is 15.4 Å². The van der Waals surface area contributed by atoms with Crippen molar-refractivity contribution in [2.45, 2.75) is 37.8 Å². The Morgan fingerprint density at radius 2 is 1.95 bits per heavy atom. The van der Waals surface area contributed by atoms with Crippen molar-refractivity contribution in [3.8, 4) is 0 Å². The molecule has 0 aliphatic heterocycles. The van der Waals surface area contributed by atoms with Gasteiger partial charge in [0.2, 0.25) is 10.0 Å². The van der Waals surface area contributed by atoms with Gasteiger partial charge in [-0.15, -0.1) is 0 Å². The second kappa shape index (κ2) is 6.91. The summed E-state index contributed by atoms with van der Waals surface area (Å²) < 4.78 is 25.8. The highest BCUT2D eigenvalue weighted by atomic mass is 32.2. The van der Waals surface area contributed by atoms with Crippen LogP contribution in [0.5, 0.6) is 0 Å². The van der Waals surface area contributed by atoms with Crippen molar-refractivity contribution >= 4 is 16.0 Å². The van der Waals surface area contributed by atoms with Crippen LogP contribution < -0.4 is 15.4 Å². The van der Waals surface area contributed by atoms with Crippen molar-refractivity contribution < 1.29 is 8.42 Å². The molecule has 0 radical (unpaired) electrons. The van der Waals surface area contributed by atoms with E-state index in [4.69, 9.17) is 0 Å². The van der Waals surface area contributed by atoms with E-state index in [1.54, 1.807) is 25.2 Å². The van der Waals surface area contributed by atoms with E-state index >= 15 is 0 Å². The van der Waals surface area contributed by atoms with Crippen molar-refractivity contribution in [3.63, 3.8) is 0 Å². The van der Waals surface area contributed by atoms with Gasteiger partial charge in [0.25, 0.3) is 0 Å². The SMILES string of the molecule is CN=C(NCc1cccc(S(=O)(=O)NC)c1)NC(C)(C)C. The molecule has 3 N–H and O–H groups in total. The largest absolute Gasteiger partial charge is 0.352 e. The van der Waals surface area contributed by atoms with E-state index in [0.29, 0.717) is 12.5 Å². The number of benzene rings is 1. The van der Waals surface area contributed by atoms with E-state index in [1.165, 1.54) is 7.05 Å². The number of aliphatic imine (C=N–C) groups is 1. The van der Waals surface area contributed by atoms with Crippen LogP contribution >= 0.6 is 0 Å². The Bertz CT molecular complexity index is 604. The Morgan fingerprint density at radius 3 is 2.48 bits per heavy atom.